The molecule has 1 heterocycles. The van der Waals surface area contributed by atoms with E-state index < -0.39 is 0 Å². The Morgan fingerprint density at radius 2 is 2.22 bits per heavy atom. The van der Waals surface area contributed by atoms with Crippen LogP contribution in [0.4, 0.5) is 5.69 Å². The van der Waals surface area contributed by atoms with Gasteiger partial charge in [-0.3, -0.25) is 4.79 Å². The monoisotopic (exact) mass is 310 g/mol. The van der Waals surface area contributed by atoms with E-state index in [1.54, 1.807) is 0 Å². The van der Waals surface area contributed by atoms with Crippen molar-refractivity contribution in [1.82, 2.24) is 4.90 Å². The van der Waals surface area contributed by atoms with Gasteiger partial charge in [0, 0.05) is 29.7 Å². The van der Waals surface area contributed by atoms with Gasteiger partial charge in [0.05, 0.1) is 0 Å². The Labute approximate surface area is 116 Å². The number of rotatable bonds is 2. The van der Waals surface area contributed by atoms with Gasteiger partial charge in [0.1, 0.15) is 0 Å². The Kier molecular flexibility index (Phi) is 4.27. The van der Waals surface area contributed by atoms with E-state index in [2.05, 4.69) is 22.9 Å². The van der Waals surface area contributed by atoms with Crippen molar-refractivity contribution >= 4 is 27.5 Å². The summed E-state index contributed by atoms with van der Waals surface area (Å²) in [4.78, 5) is 14.0. The number of hydrogen-bond acceptors (Lipinski definition) is 2. The van der Waals surface area contributed by atoms with E-state index in [-0.39, 0.29) is 5.91 Å². The van der Waals surface area contributed by atoms with Gasteiger partial charge in [0.15, 0.2) is 0 Å². The van der Waals surface area contributed by atoms with Gasteiger partial charge in [-0.2, -0.15) is 0 Å². The molecule has 98 valence electrons. The van der Waals surface area contributed by atoms with Crippen LogP contribution in [0.2, 0.25) is 0 Å². The number of nitrogens with zero attached hydrogens (tertiary/aromatic N) is 1. The lowest BCUT2D eigenvalue weighted by atomic mass is 10.0. The number of anilines is 1. The van der Waals surface area contributed by atoms with Gasteiger partial charge in [-0.1, -0.05) is 28.9 Å². The van der Waals surface area contributed by atoms with Crippen molar-refractivity contribution in [2.45, 2.75) is 32.7 Å². The predicted octanol–water partition coefficient (Wildman–Crippen LogP) is 3.18. The van der Waals surface area contributed by atoms with Crippen LogP contribution in [0.5, 0.6) is 0 Å². The minimum atomic E-state index is 0.252. The molecule has 0 radical (unpaired) electrons. The maximum Gasteiger partial charge on any atom is 0.222 e. The SMILES string of the molecule is CC1CCC(=O)N(Cc2ccc(Br)cc2N)CC1. The molecule has 0 spiro atoms. The molecule has 3 nitrogen and oxygen atoms in total. The number of likely N-dealkylation sites (tertiary alicyclic amines) is 1. The molecule has 0 saturated carbocycles. The Morgan fingerprint density at radius 1 is 1.44 bits per heavy atom. The normalized spacial score (nSPS) is 20.9. The van der Waals surface area contributed by atoms with Crippen molar-refractivity contribution in [2.75, 3.05) is 12.3 Å². The molecule has 2 rings (SSSR count). The van der Waals surface area contributed by atoms with Gasteiger partial charge in [-0.15, -0.1) is 0 Å². The maximum absolute atomic E-state index is 12.0. The summed E-state index contributed by atoms with van der Waals surface area (Å²) in [5, 5.41) is 0. The summed E-state index contributed by atoms with van der Waals surface area (Å²) in [6.07, 6.45) is 2.75. The Balaban J connectivity index is 2.09. The van der Waals surface area contributed by atoms with Crippen LogP contribution < -0.4 is 5.73 Å². The molecule has 0 bridgehead atoms. The van der Waals surface area contributed by atoms with Gasteiger partial charge >= 0.3 is 0 Å². The average molecular weight is 311 g/mol. The van der Waals surface area contributed by atoms with Gasteiger partial charge in [0.25, 0.3) is 0 Å². The molecule has 1 fully saturated rings. The Morgan fingerprint density at radius 3 is 2.94 bits per heavy atom. The summed E-state index contributed by atoms with van der Waals surface area (Å²) in [5.41, 5.74) is 7.76. The first kappa shape index (κ1) is 13.4. The van der Waals surface area contributed by atoms with Crippen LogP contribution in [0.3, 0.4) is 0 Å². The Hall–Kier alpha value is -1.03. The molecule has 1 unspecified atom stereocenters. The Bertz CT molecular complexity index is 447. The molecule has 1 saturated heterocycles. The fourth-order valence-electron chi connectivity index (χ4n) is 2.26. The van der Waals surface area contributed by atoms with Crippen LogP contribution in [0, 0.1) is 5.92 Å². The van der Waals surface area contributed by atoms with Crippen molar-refractivity contribution in [1.29, 1.82) is 0 Å². The quantitative estimate of drug-likeness (QED) is 0.853. The number of nitrogens with two attached hydrogens (primary N) is 1. The molecular formula is C14H19BrN2O. The number of hydrogen-bond donors (Lipinski definition) is 1. The highest BCUT2D eigenvalue weighted by Crippen LogP contribution is 2.23. The van der Waals surface area contributed by atoms with Crippen molar-refractivity contribution in [3.05, 3.63) is 28.2 Å². The zero-order valence-electron chi connectivity index (χ0n) is 10.7. The van der Waals surface area contributed by atoms with Crippen LogP contribution in [0.15, 0.2) is 22.7 Å². The van der Waals surface area contributed by atoms with E-state index in [4.69, 9.17) is 5.73 Å². The lowest BCUT2D eigenvalue weighted by Crippen LogP contribution is -2.30. The van der Waals surface area contributed by atoms with E-state index in [0.29, 0.717) is 18.9 Å². The van der Waals surface area contributed by atoms with Crippen molar-refractivity contribution < 1.29 is 4.79 Å². The first-order chi connectivity index (χ1) is 8.56. The molecule has 2 N–H and O–H groups in total. The average Bonchev–Trinajstić information content (AvgIpc) is 2.47. The number of carbonyl (C=O) groups is 1. The third kappa shape index (κ3) is 3.25. The van der Waals surface area contributed by atoms with Gasteiger partial charge < -0.3 is 10.6 Å². The largest absolute Gasteiger partial charge is 0.398 e. The van der Waals surface area contributed by atoms with Crippen LogP contribution in [-0.4, -0.2) is 17.4 Å². The fourth-order valence-corrected chi connectivity index (χ4v) is 2.63. The molecular weight excluding hydrogens is 292 g/mol. The summed E-state index contributed by atoms with van der Waals surface area (Å²) >= 11 is 3.39. The van der Waals surface area contributed by atoms with E-state index in [9.17, 15) is 4.79 Å². The van der Waals surface area contributed by atoms with E-state index >= 15 is 0 Å². The number of carbonyl (C=O) groups excluding carboxylic acids is 1. The number of nitrogen functional groups attached to an aromatic ring is 1. The number of benzene rings is 1. The number of halogens is 1. The fraction of sp³-hybridized carbons (Fsp3) is 0.500. The molecule has 18 heavy (non-hydrogen) atoms. The molecule has 1 aliphatic rings. The predicted molar refractivity (Wildman–Crippen MR) is 77.0 cm³/mol. The van der Waals surface area contributed by atoms with Crippen LogP contribution in [-0.2, 0) is 11.3 Å². The zero-order chi connectivity index (χ0) is 13.1. The third-order valence-corrected chi connectivity index (χ3v) is 4.06. The zero-order valence-corrected chi connectivity index (χ0v) is 12.2. The molecule has 1 amide bonds. The minimum absolute atomic E-state index is 0.252. The standard InChI is InChI=1S/C14H19BrN2O/c1-10-2-5-14(18)17(7-6-10)9-11-3-4-12(15)8-13(11)16/h3-4,8,10H,2,5-7,9,16H2,1H3. The van der Waals surface area contributed by atoms with Crippen LogP contribution >= 0.6 is 15.9 Å². The smallest absolute Gasteiger partial charge is 0.222 e. The van der Waals surface area contributed by atoms with E-state index in [1.165, 1.54) is 0 Å². The lowest BCUT2D eigenvalue weighted by Gasteiger charge is -2.21. The van der Waals surface area contributed by atoms with Gasteiger partial charge in [-0.25, -0.2) is 0 Å². The van der Waals surface area contributed by atoms with Crippen LogP contribution in [0.25, 0.3) is 0 Å². The first-order valence-electron chi connectivity index (χ1n) is 6.38. The minimum Gasteiger partial charge on any atom is -0.398 e. The topological polar surface area (TPSA) is 46.3 Å². The molecule has 1 atom stereocenters. The summed E-state index contributed by atoms with van der Waals surface area (Å²) in [5.74, 6) is 0.892. The molecule has 1 aromatic carbocycles. The van der Waals surface area contributed by atoms with Gasteiger partial charge in [0.2, 0.25) is 5.91 Å². The number of amides is 1. The highest BCUT2D eigenvalue weighted by atomic mass is 79.9. The second-order valence-electron chi connectivity index (χ2n) is 5.09. The molecule has 0 aromatic heterocycles. The summed E-state index contributed by atoms with van der Waals surface area (Å²) in [7, 11) is 0. The highest BCUT2D eigenvalue weighted by molar-refractivity contribution is 9.10. The molecule has 4 heteroatoms. The van der Waals surface area contributed by atoms with Crippen molar-refractivity contribution in [3.8, 4) is 0 Å². The molecule has 1 aliphatic heterocycles. The molecule has 1 aromatic rings. The van der Waals surface area contributed by atoms with Crippen molar-refractivity contribution in [2.24, 2.45) is 5.92 Å². The summed E-state index contributed by atoms with van der Waals surface area (Å²) in [6.45, 7) is 3.69. The second-order valence-corrected chi connectivity index (χ2v) is 6.01. The summed E-state index contributed by atoms with van der Waals surface area (Å²) < 4.78 is 0.972. The highest BCUT2D eigenvalue weighted by Gasteiger charge is 2.20. The van der Waals surface area contributed by atoms with E-state index in [0.717, 1.165) is 35.1 Å². The van der Waals surface area contributed by atoms with E-state index in [1.807, 2.05) is 23.1 Å². The lowest BCUT2D eigenvalue weighted by molar-refractivity contribution is -0.131. The third-order valence-electron chi connectivity index (χ3n) is 3.56. The van der Waals surface area contributed by atoms with Crippen LogP contribution in [0.1, 0.15) is 31.7 Å². The van der Waals surface area contributed by atoms with Gasteiger partial charge in [-0.05, 0) is 36.5 Å². The van der Waals surface area contributed by atoms with Crippen molar-refractivity contribution in [3.63, 3.8) is 0 Å². The summed E-state index contributed by atoms with van der Waals surface area (Å²) in [6, 6.07) is 5.85. The first-order valence-corrected chi connectivity index (χ1v) is 7.17. The molecule has 0 aliphatic carbocycles. The second kappa shape index (κ2) is 5.74. The maximum atomic E-state index is 12.0.